The Labute approximate surface area is 239 Å². The van der Waals surface area contributed by atoms with Crippen LogP contribution in [0.15, 0.2) is 49.1 Å². The molecule has 10 heteroatoms. The lowest BCUT2D eigenvalue weighted by molar-refractivity contribution is -0.120. The highest BCUT2D eigenvalue weighted by Crippen LogP contribution is 2.55. The number of fused-ring (bicyclic) bond motifs is 4. The number of alkyl halides is 2. The summed E-state index contributed by atoms with van der Waals surface area (Å²) in [6, 6.07) is 5.28. The van der Waals surface area contributed by atoms with Crippen LogP contribution < -0.4 is 0 Å². The zero-order valence-corrected chi connectivity index (χ0v) is 22.6. The third-order valence-electron chi connectivity index (χ3n) is 8.63. The molecule has 3 aromatic heterocycles. The lowest BCUT2D eigenvalue weighted by Gasteiger charge is -2.20. The Morgan fingerprint density at radius 3 is 2.69 bits per heavy atom. The fourth-order valence-electron chi connectivity index (χ4n) is 6.67. The minimum Gasteiger partial charge on any atom is -0.298 e. The van der Waals surface area contributed by atoms with Crippen LogP contribution in [0.25, 0.3) is 17.2 Å². The van der Waals surface area contributed by atoms with E-state index in [4.69, 9.17) is 0 Å². The highest BCUT2D eigenvalue weighted by atomic mass is 19.3. The van der Waals surface area contributed by atoms with Crippen molar-refractivity contribution in [3.8, 4) is 11.1 Å². The van der Waals surface area contributed by atoms with Crippen molar-refractivity contribution < 1.29 is 22.4 Å². The number of Topliss-reactive ketones (excluding diaryl/α,β-unsaturated/α-hetero) is 1. The molecule has 1 aromatic carbocycles. The maximum atomic E-state index is 14.2. The molecule has 0 bridgehead atoms. The third-order valence-corrected chi connectivity index (χ3v) is 8.63. The van der Waals surface area contributed by atoms with E-state index in [9.17, 15) is 22.4 Å². The molecule has 4 aromatic rings. The fourth-order valence-corrected chi connectivity index (χ4v) is 6.67. The standard InChI is InChI=1S/C32H27F4N5O/c33-22-7-17(8-23(34)12-22)6-20(29-27(14-37-16-39-29)21-9-19-2-1-3-28(19)38-13-21)10-24(42)15-41-31-25(30(40-41)32(35)36)5-4-18-11-26(18)31/h1-2,7-9,12-14,16,18,20,26,32H,3-6,10-11,15H2/t18-,20-,26+/m1/s1. The van der Waals surface area contributed by atoms with E-state index in [1.807, 2.05) is 18.2 Å². The molecule has 214 valence electrons. The first-order chi connectivity index (χ1) is 20.3. The maximum absolute atomic E-state index is 14.2. The SMILES string of the molecule is O=C(C[C@@H](Cc1cc(F)cc(F)c1)c1ncncc1-c1cnc2c(c1)C=CC2)Cn1nc(C(F)F)c2c1[C@H]1C[C@H]1CC2. The zero-order valence-electron chi connectivity index (χ0n) is 22.6. The molecular weight excluding hydrogens is 546 g/mol. The summed E-state index contributed by atoms with van der Waals surface area (Å²) in [7, 11) is 0. The predicted molar refractivity (Wildman–Crippen MR) is 147 cm³/mol. The minimum atomic E-state index is -2.71. The summed E-state index contributed by atoms with van der Waals surface area (Å²) >= 11 is 0. The van der Waals surface area contributed by atoms with Crippen molar-refractivity contribution in [2.75, 3.05) is 0 Å². The van der Waals surface area contributed by atoms with E-state index in [0.717, 1.165) is 47.8 Å². The molecule has 3 heterocycles. The van der Waals surface area contributed by atoms with Crippen molar-refractivity contribution in [1.82, 2.24) is 24.7 Å². The molecule has 1 saturated carbocycles. The van der Waals surface area contributed by atoms with E-state index in [1.54, 1.807) is 12.4 Å². The van der Waals surface area contributed by atoms with Gasteiger partial charge in [0.2, 0.25) is 0 Å². The summed E-state index contributed by atoms with van der Waals surface area (Å²) in [5.41, 5.74) is 5.42. The van der Waals surface area contributed by atoms with E-state index in [1.165, 1.54) is 23.1 Å². The summed E-state index contributed by atoms with van der Waals surface area (Å²) in [5, 5.41) is 4.20. The number of allylic oxidation sites excluding steroid dienone is 1. The molecule has 3 atom stereocenters. The van der Waals surface area contributed by atoms with Crippen molar-refractivity contribution in [3.63, 3.8) is 0 Å². The average molecular weight is 574 g/mol. The molecule has 1 fully saturated rings. The van der Waals surface area contributed by atoms with Crippen LogP contribution in [-0.4, -0.2) is 30.5 Å². The topological polar surface area (TPSA) is 73.6 Å². The summed E-state index contributed by atoms with van der Waals surface area (Å²) in [4.78, 5) is 27.0. The Balaban J connectivity index is 1.23. The number of benzene rings is 1. The van der Waals surface area contributed by atoms with Gasteiger partial charge < -0.3 is 0 Å². The van der Waals surface area contributed by atoms with Crippen LogP contribution in [0.1, 0.15) is 77.0 Å². The van der Waals surface area contributed by atoms with E-state index in [2.05, 4.69) is 20.1 Å². The molecule has 6 nitrogen and oxygen atoms in total. The molecule has 3 aliphatic rings. The van der Waals surface area contributed by atoms with Gasteiger partial charge in [-0.1, -0.05) is 12.2 Å². The molecule has 0 N–H and O–H groups in total. The van der Waals surface area contributed by atoms with Gasteiger partial charge in [-0.25, -0.2) is 27.5 Å². The molecule has 3 aliphatic carbocycles. The van der Waals surface area contributed by atoms with Crippen molar-refractivity contribution in [2.45, 2.75) is 63.3 Å². The molecule has 42 heavy (non-hydrogen) atoms. The number of hydrogen-bond donors (Lipinski definition) is 0. The molecule has 0 radical (unpaired) electrons. The van der Waals surface area contributed by atoms with Crippen LogP contribution in [0.2, 0.25) is 0 Å². The van der Waals surface area contributed by atoms with Gasteiger partial charge in [0, 0.05) is 65.5 Å². The van der Waals surface area contributed by atoms with Gasteiger partial charge in [0.05, 0.1) is 17.9 Å². The Hall–Kier alpha value is -4.21. The molecule has 0 amide bonds. The number of aromatic nitrogens is 5. The van der Waals surface area contributed by atoms with E-state index >= 15 is 0 Å². The second-order valence-electron chi connectivity index (χ2n) is 11.5. The van der Waals surface area contributed by atoms with Crippen LogP contribution in [0.5, 0.6) is 0 Å². The van der Waals surface area contributed by atoms with Crippen LogP contribution in [-0.2, 0) is 30.6 Å². The number of hydrogen-bond acceptors (Lipinski definition) is 5. The highest BCUT2D eigenvalue weighted by Gasteiger charge is 2.46. The molecule has 0 saturated heterocycles. The maximum Gasteiger partial charge on any atom is 0.282 e. The second kappa shape index (κ2) is 10.6. The zero-order chi connectivity index (χ0) is 29.0. The van der Waals surface area contributed by atoms with Gasteiger partial charge in [-0.15, -0.1) is 0 Å². The molecular formula is C32H27F4N5O. The van der Waals surface area contributed by atoms with Crippen LogP contribution in [0, 0.1) is 17.6 Å². The van der Waals surface area contributed by atoms with Gasteiger partial charge in [-0.3, -0.25) is 14.5 Å². The Bertz CT molecular complexity index is 1710. The van der Waals surface area contributed by atoms with Crippen molar-refractivity contribution in [2.24, 2.45) is 5.92 Å². The number of rotatable bonds is 9. The van der Waals surface area contributed by atoms with Gasteiger partial charge in [-0.2, -0.15) is 5.10 Å². The number of carbonyl (C=O) groups excluding carboxylic acids is 1. The number of carbonyl (C=O) groups is 1. The number of ketones is 1. The summed E-state index contributed by atoms with van der Waals surface area (Å²) < 4.78 is 57.4. The van der Waals surface area contributed by atoms with Crippen molar-refractivity contribution in [1.29, 1.82) is 0 Å². The third kappa shape index (κ3) is 5.03. The van der Waals surface area contributed by atoms with Crippen LogP contribution >= 0.6 is 0 Å². The first-order valence-electron chi connectivity index (χ1n) is 14.1. The Morgan fingerprint density at radius 1 is 1.05 bits per heavy atom. The van der Waals surface area contributed by atoms with E-state index < -0.39 is 24.0 Å². The van der Waals surface area contributed by atoms with E-state index in [0.29, 0.717) is 34.7 Å². The fraction of sp³-hybridized carbons (Fsp3) is 0.344. The largest absolute Gasteiger partial charge is 0.298 e. The molecule has 0 unspecified atom stereocenters. The minimum absolute atomic E-state index is 0.0346. The van der Waals surface area contributed by atoms with E-state index in [-0.39, 0.29) is 36.8 Å². The molecule has 0 aliphatic heterocycles. The molecule has 7 rings (SSSR count). The smallest absolute Gasteiger partial charge is 0.282 e. The van der Waals surface area contributed by atoms with Gasteiger partial charge in [0.25, 0.3) is 6.43 Å². The first kappa shape index (κ1) is 26.7. The Morgan fingerprint density at radius 2 is 1.88 bits per heavy atom. The van der Waals surface area contributed by atoms with Crippen molar-refractivity contribution >= 4 is 11.9 Å². The average Bonchev–Trinajstić information content (AvgIpc) is 3.43. The van der Waals surface area contributed by atoms with Crippen molar-refractivity contribution in [3.05, 3.63) is 100 Å². The summed E-state index contributed by atoms with van der Waals surface area (Å²) in [6.45, 7) is -0.155. The molecule has 0 spiro atoms. The summed E-state index contributed by atoms with van der Waals surface area (Å²) in [5.74, 6) is -1.60. The number of nitrogens with zero attached hydrogens (tertiary/aromatic N) is 5. The second-order valence-corrected chi connectivity index (χ2v) is 11.5. The summed E-state index contributed by atoms with van der Waals surface area (Å²) in [6.07, 6.45) is 9.29. The van der Waals surface area contributed by atoms with Gasteiger partial charge in [-0.05, 0) is 60.9 Å². The lowest BCUT2D eigenvalue weighted by Crippen LogP contribution is -2.19. The van der Waals surface area contributed by atoms with Crippen LogP contribution in [0.3, 0.4) is 0 Å². The van der Waals surface area contributed by atoms with Gasteiger partial charge >= 0.3 is 0 Å². The lowest BCUT2D eigenvalue weighted by atomic mass is 9.87. The van der Waals surface area contributed by atoms with Gasteiger partial charge in [0.1, 0.15) is 23.7 Å². The predicted octanol–water partition coefficient (Wildman–Crippen LogP) is 6.56. The highest BCUT2D eigenvalue weighted by molar-refractivity contribution is 5.80. The van der Waals surface area contributed by atoms with Crippen LogP contribution in [0.4, 0.5) is 17.6 Å². The van der Waals surface area contributed by atoms with Gasteiger partial charge in [0.15, 0.2) is 5.78 Å². The Kier molecular flexibility index (Phi) is 6.71. The normalized spacial score (nSPS) is 19.0. The number of halogens is 4. The number of pyridine rings is 1. The first-order valence-corrected chi connectivity index (χ1v) is 14.1. The monoisotopic (exact) mass is 573 g/mol. The quantitative estimate of drug-likeness (QED) is 0.212.